The fourth-order valence-electron chi connectivity index (χ4n) is 1.39. The molecule has 19 heavy (non-hydrogen) atoms. The molecule has 0 saturated heterocycles. The van der Waals surface area contributed by atoms with Gasteiger partial charge in [-0.05, 0) is 10.8 Å². The summed E-state index contributed by atoms with van der Waals surface area (Å²) in [6.45, 7) is 8.25. The molecule has 0 aromatic heterocycles. The Kier molecular flexibility index (Phi) is 11.4. The molecule has 0 aliphatic carbocycles. The summed E-state index contributed by atoms with van der Waals surface area (Å²) in [6, 6.07) is 24.8. The van der Waals surface area contributed by atoms with Crippen LogP contribution in [0.15, 0.2) is 72.8 Å². The van der Waals surface area contributed by atoms with E-state index in [1.807, 2.05) is 38.1 Å². The first-order valence-electron chi connectivity index (χ1n) is 7.15. The Morgan fingerprint density at radius 2 is 0.737 bits per heavy atom. The van der Waals surface area contributed by atoms with Gasteiger partial charge in [0, 0.05) is 0 Å². The lowest BCUT2D eigenvalue weighted by molar-refractivity contribution is 1.09. The Hall–Kier alpha value is -1.82. The van der Waals surface area contributed by atoms with E-state index in [4.69, 9.17) is 0 Å². The molecule has 0 N–H and O–H groups in total. The predicted molar refractivity (Wildman–Crippen MR) is 88.9 cm³/mol. The molecule has 102 valence electrons. The smallest absolute Gasteiger partial charge is 0.0184 e. The molecule has 0 fully saturated rings. The summed E-state index contributed by atoms with van der Waals surface area (Å²) in [6.07, 6.45) is 1.25. The third-order valence-corrected chi connectivity index (χ3v) is 2.10. The number of rotatable bonds is 0. The van der Waals surface area contributed by atoms with Crippen LogP contribution in [0.1, 0.15) is 34.1 Å². The van der Waals surface area contributed by atoms with E-state index in [0.29, 0.717) is 0 Å². The van der Waals surface area contributed by atoms with E-state index in [1.165, 1.54) is 17.2 Å². The van der Waals surface area contributed by atoms with E-state index in [-0.39, 0.29) is 0 Å². The van der Waals surface area contributed by atoms with E-state index in [1.54, 1.807) is 0 Å². The first-order valence-corrected chi connectivity index (χ1v) is 7.15. The third kappa shape index (κ3) is 7.99. The molecule has 2 aromatic carbocycles. The molecular weight excluding hydrogens is 228 g/mol. The summed E-state index contributed by atoms with van der Waals surface area (Å²) in [7, 11) is 0. The van der Waals surface area contributed by atoms with Crippen molar-refractivity contribution in [2.45, 2.75) is 34.1 Å². The fraction of sp³-hybridized carbons (Fsp3) is 0.263. The Labute approximate surface area is 118 Å². The molecule has 0 heterocycles. The lowest BCUT2D eigenvalue weighted by atomic mass is 10.2. The predicted octanol–water partition coefficient (Wildman–Crippen LogP) is 6.41. The molecule has 0 spiro atoms. The van der Waals surface area contributed by atoms with Crippen molar-refractivity contribution in [1.82, 2.24) is 0 Å². The van der Waals surface area contributed by atoms with Gasteiger partial charge in [-0.2, -0.15) is 0 Å². The van der Waals surface area contributed by atoms with Crippen LogP contribution in [0.5, 0.6) is 0 Å². The van der Waals surface area contributed by atoms with Gasteiger partial charge in [0.05, 0.1) is 0 Å². The van der Waals surface area contributed by atoms with Crippen molar-refractivity contribution in [3.8, 4) is 0 Å². The van der Waals surface area contributed by atoms with Crippen LogP contribution in [-0.2, 0) is 0 Å². The third-order valence-electron chi connectivity index (χ3n) is 2.10. The highest BCUT2D eigenvalue weighted by atomic mass is 13.9. The molecule has 0 aliphatic heterocycles. The Bertz CT molecular complexity index is 439. The highest BCUT2D eigenvalue weighted by molar-refractivity contribution is 5.80. The van der Waals surface area contributed by atoms with Gasteiger partial charge in [0.15, 0.2) is 0 Å². The Morgan fingerprint density at radius 3 is 1.05 bits per heavy atom. The van der Waals surface area contributed by atoms with Crippen molar-refractivity contribution in [2.24, 2.45) is 0 Å². The molecule has 0 atom stereocenters. The fourth-order valence-corrected chi connectivity index (χ4v) is 1.39. The van der Waals surface area contributed by atoms with Crippen molar-refractivity contribution < 1.29 is 0 Å². The number of fused-ring (bicyclic) bond motifs is 1. The standard InChI is InChI=1S/C14H12.C3H8.C2H6/c1-2-4-6-10-14-12-8-7-11-13(14)9-5-3-1;1-3-2;1-2/h1-12H;3H2,1-2H3;1-2H3. The van der Waals surface area contributed by atoms with Crippen molar-refractivity contribution in [2.75, 3.05) is 0 Å². The van der Waals surface area contributed by atoms with Crippen molar-refractivity contribution in [3.05, 3.63) is 72.8 Å². The minimum atomic E-state index is 1.25. The van der Waals surface area contributed by atoms with E-state index >= 15 is 0 Å². The Morgan fingerprint density at radius 1 is 0.526 bits per heavy atom. The molecule has 0 aliphatic rings. The van der Waals surface area contributed by atoms with E-state index < -0.39 is 0 Å². The molecular formula is C19H26. The van der Waals surface area contributed by atoms with E-state index in [2.05, 4.69) is 62.4 Å². The summed E-state index contributed by atoms with van der Waals surface area (Å²) in [5, 5.41) is 2.51. The van der Waals surface area contributed by atoms with Gasteiger partial charge in [-0.15, -0.1) is 0 Å². The SMILES string of the molecule is CC.CCC.c1ccccc2ccccc2ccc1. The van der Waals surface area contributed by atoms with Gasteiger partial charge >= 0.3 is 0 Å². The highest BCUT2D eigenvalue weighted by Crippen LogP contribution is 2.09. The zero-order valence-corrected chi connectivity index (χ0v) is 12.6. The van der Waals surface area contributed by atoms with E-state index in [0.717, 1.165) is 0 Å². The van der Waals surface area contributed by atoms with Gasteiger partial charge in [0.25, 0.3) is 0 Å². The molecule has 0 heteroatoms. The van der Waals surface area contributed by atoms with Gasteiger partial charge in [0.2, 0.25) is 0 Å². The van der Waals surface area contributed by atoms with Gasteiger partial charge in [0.1, 0.15) is 0 Å². The van der Waals surface area contributed by atoms with Crippen LogP contribution >= 0.6 is 0 Å². The zero-order chi connectivity index (χ0) is 14.3. The normalized spacial score (nSPS) is 8.21. The maximum absolute atomic E-state index is 2.12. The van der Waals surface area contributed by atoms with Crippen LogP contribution in [0, 0.1) is 0 Å². The van der Waals surface area contributed by atoms with Crippen LogP contribution in [0.4, 0.5) is 0 Å². The van der Waals surface area contributed by atoms with Crippen LogP contribution in [0.25, 0.3) is 10.8 Å². The second-order valence-electron chi connectivity index (χ2n) is 3.82. The molecule has 0 radical (unpaired) electrons. The number of benzene rings is 1. The maximum atomic E-state index is 2.12. The van der Waals surface area contributed by atoms with E-state index in [9.17, 15) is 0 Å². The largest absolute Gasteiger partial charge is 0.0683 e. The second kappa shape index (κ2) is 12.6. The summed E-state index contributed by atoms with van der Waals surface area (Å²) < 4.78 is 0. The molecule has 0 saturated carbocycles. The summed E-state index contributed by atoms with van der Waals surface area (Å²) in [5.74, 6) is 0. The zero-order valence-electron chi connectivity index (χ0n) is 12.6. The molecule has 0 amide bonds. The molecule has 2 rings (SSSR count). The van der Waals surface area contributed by atoms with Crippen molar-refractivity contribution in [3.63, 3.8) is 0 Å². The van der Waals surface area contributed by atoms with Crippen molar-refractivity contribution >= 4 is 10.8 Å². The van der Waals surface area contributed by atoms with Gasteiger partial charge in [-0.3, -0.25) is 0 Å². The monoisotopic (exact) mass is 254 g/mol. The number of hydrogen-bond donors (Lipinski definition) is 0. The molecule has 0 bridgehead atoms. The van der Waals surface area contributed by atoms with Crippen LogP contribution in [-0.4, -0.2) is 0 Å². The average Bonchev–Trinajstić information content (AvgIpc) is 2.47. The van der Waals surface area contributed by atoms with Crippen LogP contribution in [0.2, 0.25) is 0 Å². The van der Waals surface area contributed by atoms with Gasteiger partial charge < -0.3 is 0 Å². The molecule has 0 nitrogen and oxygen atoms in total. The lowest BCUT2D eigenvalue weighted by Crippen LogP contribution is -1.64. The van der Waals surface area contributed by atoms with Gasteiger partial charge in [-0.25, -0.2) is 0 Å². The minimum Gasteiger partial charge on any atom is -0.0683 e. The molecule has 2 aromatic rings. The quantitative estimate of drug-likeness (QED) is 0.510. The topological polar surface area (TPSA) is 0 Å². The highest BCUT2D eigenvalue weighted by Gasteiger charge is 1.83. The van der Waals surface area contributed by atoms with Gasteiger partial charge in [-0.1, -0.05) is 107 Å². The second-order valence-corrected chi connectivity index (χ2v) is 3.82. The summed E-state index contributed by atoms with van der Waals surface area (Å²) in [5.41, 5.74) is 0. The average molecular weight is 254 g/mol. The van der Waals surface area contributed by atoms with Crippen LogP contribution < -0.4 is 0 Å². The lowest BCUT2D eigenvalue weighted by Gasteiger charge is -1.90. The van der Waals surface area contributed by atoms with Crippen molar-refractivity contribution in [1.29, 1.82) is 0 Å². The first-order chi connectivity index (χ1) is 9.38. The minimum absolute atomic E-state index is 1.25. The first kappa shape index (κ1) is 17.2. The summed E-state index contributed by atoms with van der Waals surface area (Å²) in [4.78, 5) is 0. The molecule has 0 unspecified atom stereocenters. The number of hydrogen-bond acceptors (Lipinski definition) is 0. The maximum Gasteiger partial charge on any atom is -0.0184 e. The van der Waals surface area contributed by atoms with Crippen LogP contribution in [0.3, 0.4) is 0 Å². The Balaban J connectivity index is 0.000000573. The summed E-state index contributed by atoms with van der Waals surface area (Å²) >= 11 is 0.